The zero-order chi connectivity index (χ0) is 17.2. The minimum Gasteiger partial charge on any atom is -0.357 e. The van der Waals surface area contributed by atoms with E-state index in [9.17, 15) is 0 Å². The van der Waals surface area contributed by atoms with Crippen molar-refractivity contribution >= 4 is 5.96 Å². The molecular formula is C20H34N4. The summed E-state index contributed by atoms with van der Waals surface area (Å²) in [6.45, 7) is 11.5. The van der Waals surface area contributed by atoms with E-state index in [0.717, 1.165) is 19.0 Å². The van der Waals surface area contributed by atoms with Crippen LogP contribution in [-0.2, 0) is 13.1 Å². The van der Waals surface area contributed by atoms with Gasteiger partial charge in [-0.15, -0.1) is 0 Å². The Kier molecular flexibility index (Phi) is 8.10. The van der Waals surface area contributed by atoms with Gasteiger partial charge in [0.1, 0.15) is 0 Å². The van der Waals surface area contributed by atoms with Gasteiger partial charge in [-0.2, -0.15) is 0 Å². The van der Waals surface area contributed by atoms with E-state index in [-0.39, 0.29) is 0 Å². The molecule has 0 spiro atoms. The molecule has 1 heterocycles. The monoisotopic (exact) mass is 330 g/mol. The molecular weight excluding hydrogens is 296 g/mol. The molecule has 0 unspecified atom stereocenters. The largest absolute Gasteiger partial charge is 0.357 e. The lowest BCUT2D eigenvalue weighted by molar-refractivity contribution is 0.277. The fraction of sp³-hybridized carbons (Fsp3) is 0.650. The predicted octanol–water partition coefficient (Wildman–Crippen LogP) is 3.53. The highest BCUT2D eigenvalue weighted by Gasteiger charge is 2.09. The van der Waals surface area contributed by atoms with Crippen molar-refractivity contribution in [3.63, 3.8) is 0 Å². The Morgan fingerprint density at radius 3 is 2.25 bits per heavy atom. The average molecular weight is 331 g/mol. The maximum Gasteiger partial charge on any atom is 0.191 e. The number of aliphatic imine (C=N–C) groups is 1. The van der Waals surface area contributed by atoms with Crippen LogP contribution in [0.4, 0.5) is 0 Å². The molecule has 0 bridgehead atoms. The van der Waals surface area contributed by atoms with Crippen LogP contribution in [0.25, 0.3) is 0 Å². The lowest BCUT2D eigenvalue weighted by Gasteiger charge is -2.19. The van der Waals surface area contributed by atoms with Crippen LogP contribution in [0.15, 0.2) is 29.3 Å². The summed E-state index contributed by atoms with van der Waals surface area (Å²) < 4.78 is 0. The minimum absolute atomic E-state index is 0.388. The first-order valence-corrected chi connectivity index (χ1v) is 9.52. The van der Waals surface area contributed by atoms with Crippen LogP contribution in [0.5, 0.6) is 0 Å². The van der Waals surface area contributed by atoms with Crippen molar-refractivity contribution < 1.29 is 0 Å². The smallest absolute Gasteiger partial charge is 0.191 e. The number of nitrogens with zero attached hydrogens (tertiary/aromatic N) is 2. The van der Waals surface area contributed by atoms with E-state index in [1.54, 1.807) is 0 Å². The van der Waals surface area contributed by atoms with Crippen molar-refractivity contribution in [3.8, 4) is 0 Å². The first-order valence-electron chi connectivity index (χ1n) is 9.52. The SMILES string of the molecule is CCNC(=NCc1ccc(CN2CCCCCC2)cc1)NC(C)C. The number of nitrogens with one attached hydrogen (secondary N) is 2. The number of likely N-dealkylation sites (tertiary alicyclic amines) is 1. The van der Waals surface area contributed by atoms with Gasteiger partial charge in [0, 0.05) is 19.1 Å². The summed E-state index contributed by atoms with van der Waals surface area (Å²) in [6.07, 6.45) is 5.49. The van der Waals surface area contributed by atoms with Gasteiger partial charge in [0.15, 0.2) is 5.96 Å². The van der Waals surface area contributed by atoms with Crippen LogP contribution in [0.1, 0.15) is 57.6 Å². The molecule has 2 rings (SSSR count). The molecule has 2 N–H and O–H groups in total. The highest BCUT2D eigenvalue weighted by molar-refractivity contribution is 5.79. The summed E-state index contributed by atoms with van der Waals surface area (Å²) in [7, 11) is 0. The molecule has 4 nitrogen and oxygen atoms in total. The van der Waals surface area contributed by atoms with Gasteiger partial charge >= 0.3 is 0 Å². The maximum atomic E-state index is 4.67. The van der Waals surface area contributed by atoms with E-state index in [1.807, 2.05) is 0 Å². The Balaban J connectivity index is 1.88. The number of hydrogen-bond acceptors (Lipinski definition) is 2. The molecule has 4 heteroatoms. The van der Waals surface area contributed by atoms with Crippen molar-refractivity contribution in [3.05, 3.63) is 35.4 Å². The molecule has 0 atom stereocenters. The molecule has 0 amide bonds. The van der Waals surface area contributed by atoms with Crippen molar-refractivity contribution in [2.45, 2.75) is 65.6 Å². The average Bonchev–Trinajstić information content (AvgIpc) is 2.82. The van der Waals surface area contributed by atoms with E-state index < -0.39 is 0 Å². The van der Waals surface area contributed by atoms with Crippen molar-refractivity contribution in [1.82, 2.24) is 15.5 Å². The topological polar surface area (TPSA) is 39.7 Å². The number of rotatable bonds is 6. The van der Waals surface area contributed by atoms with Gasteiger partial charge in [-0.05, 0) is 57.8 Å². The lowest BCUT2D eigenvalue weighted by Crippen LogP contribution is -2.40. The van der Waals surface area contributed by atoms with Gasteiger partial charge in [0.25, 0.3) is 0 Å². The summed E-state index contributed by atoms with van der Waals surface area (Å²) in [5, 5.41) is 6.64. The van der Waals surface area contributed by atoms with Gasteiger partial charge < -0.3 is 10.6 Å². The summed E-state index contributed by atoms with van der Waals surface area (Å²) in [4.78, 5) is 7.26. The van der Waals surface area contributed by atoms with Crippen molar-refractivity contribution in [1.29, 1.82) is 0 Å². The molecule has 1 aromatic rings. The number of benzene rings is 1. The second-order valence-corrected chi connectivity index (χ2v) is 7.00. The van der Waals surface area contributed by atoms with Crippen LogP contribution in [0.3, 0.4) is 0 Å². The van der Waals surface area contributed by atoms with Crippen LogP contribution < -0.4 is 10.6 Å². The zero-order valence-corrected chi connectivity index (χ0v) is 15.6. The van der Waals surface area contributed by atoms with Gasteiger partial charge in [-0.25, -0.2) is 4.99 Å². The Hall–Kier alpha value is -1.55. The Bertz CT molecular complexity index is 485. The molecule has 0 saturated carbocycles. The minimum atomic E-state index is 0.388. The normalized spacial score (nSPS) is 16.9. The fourth-order valence-corrected chi connectivity index (χ4v) is 3.07. The zero-order valence-electron chi connectivity index (χ0n) is 15.6. The Morgan fingerprint density at radius 2 is 1.67 bits per heavy atom. The summed E-state index contributed by atoms with van der Waals surface area (Å²) in [5.41, 5.74) is 2.67. The standard InChI is InChI=1S/C20H34N4/c1-4-21-20(23-17(2)3)22-15-18-9-11-19(12-10-18)16-24-13-7-5-6-8-14-24/h9-12,17H,4-8,13-16H2,1-3H3,(H2,21,22,23). The molecule has 0 radical (unpaired) electrons. The van der Waals surface area contributed by atoms with Gasteiger partial charge in [0.2, 0.25) is 0 Å². The Labute approximate surface area is 147 Å². The fourth-order valence-electron chi connectivity index (χ4n) is 3.07. The summed E-state index contributed by atoms with van der Waals surface area (Å²) in [6, 6.07) is 9.35. The molecule has 134 valence electrons. The molecule has 1 aromatic carbocycles. The third-order valence-electron chi connectivity index (χ3n) is 4.32. The summed E-state index contributed by atoms with van der Waals surface area (Å²) >= 11 is 0. The molecule has 24 heavy (non-hydrogen) atoms. The van der Waals surface area contributed by atoms with Crippen LogP contribution in [0.2, 0.25) is 0 Å². The third kappa shape index (κ3) is 6.91. The van der Waals surface area contributed by atoms with Crippen LogP contribution in [0, 0.1) is 0 Å². The number of hydrogen-bond donors (Lipinski definition) is 2. The first kappa shape index (κ1) is 18.8. The van der Waals surface area contributed by atoms with Crippen LogP contribution >= 0.6 is 0 Å². The molecule has 0 aromatic heterocycles. The maximum absolute atomic E-state index is 4.67. The second-order valence-electron chi connectivity index (χ2n) is 7.00. The lowest BCUT2D eigenvalue weighted by atomic mass is 10.1. The molecule has 0 aliphatic carbocycles. The van der Waals surface area contributed by atoms with Gasteiger partial charge in [-0.1, -0.05) is 37.1 Å². The van der Waals surface area contributed by atoms with E-state index in [4.69, 9.17) is 0 Å². The van der Waals surface area contributed by atoms with E-state index in [1.165, 1.54) is 49.9 Å². The third-order valence-corrected chi connectivity index (χ3v) is 4.32. The highest BCUT2D eigenvalue weighted by Crippen LogP contribution is 2.14. The molecule has 1 aliphatic rings. The first-order chi connectivity index (χ1) is 11.7. The van der Waals surface area contributed by atoms with E-state index in [0.29, 0.717) is 12.6 Å². The molecule has 1 aliphatic heterocycles. The molecule has 1 saturated heterocycles. The predicted molar refractivity (Wildman–Crippen MR) is 103 cm³/mol. The Morgan fingerprint density at radius 1 is 1.04 bits per heavy atom. The van der Waals surface area contributed by atoms with E-state index in [2.05, 4.69) is 65.6 Å². The van der Waals surface area contributed by atoms with E-state index >= 15 is 0 Å². The highest BCUT2D eigenvalue weighted by atomic mass is 15.2. The van der Waals surface area contributed by atoms with Crippen LogP contribution in [-0.4, -0.2) is 36.5 Å². The second kappa shape index (κ2) is 10.3. The van der Waals surface area contributed by atoms with Gasteiger partial charge in [-0.3, -0.25) is 4.90 Å². The quantitative estimate of drug-likeness (QED) is 0.619. The van der Waals surface area contributed by atoms with Gasteiger partial charge in [0.05, 0.1) is 6.54 Å². The molecule has 1 fully saturated rings. The summed E-state index contributed by atoms with van der Waals surface area (Å²) in [5.74, 6) is 0.890. The van der Waals surface area contributed by atoms with Crippen molar-refractivity contribution in [2.75, 3.05) is 19.6 Å². The number of guanidine groups is 1. The van der Waals surface area contributed by atoms with Crippen molar-refractivity contribution in [2.24, 2.45) is 4.99 Å².